The predicted octanol–water partition coefficient (Wildman–Crippen LogP) is 5.08. The Bertz CT molecular complexity index is 1330. The Morgan fingerprint density at radius 3 is 2.59 bits per heavy atom. The molecule has 1 amide bonds. The number of fused-ring (bicyclic) bond motifs is 1. The van der Waals surface area contributed by atoms with Gasteiger partial charge in [-0.1, -0.05) is 6.07 Å². The number of aromatic nitrogens is 3. The van der Waals surface area contributed by atoms with E-state index in [2.05, 4.69) is 31.6 Å². The van der Waals surface area contributed by atoms with E-state index in [1.807, 2.05) is 51.2 Å². The van der Waals surface area contributed by atoms with Crippen LogP contribution in [0.5, 0.6) is 0 Å². The van der Waals surface area contributed by atoms with Crippen molar-refractivity contribution < 1.29 is 14.3 Å². The van der Waals surface area contributed by atoms with E-state index < -0.39 is 5.60 Å². The highest BCUT2D eigenvalue weighted by Gasteiger charge is 2.25. The van der Waals surface area contributed by atoms with Gasteiger partial charge in [0.05, 0.1) is 0 Å². The molecule has 1 aliphatic heterocycles. The standard InChI is InChI=1S/C30H36N6O3/c1-30(2,3)39-29(38)33-18-20-10-14-36(15-11-20)27-26(21-8-12-31-13-9-21)19-32-28(35-27)34-24-6-4-23-17-25(37)7-5-22(23)16-24/h4,6,8-9,12-13,16,19-20H,5,7,10-11,14-15,17-18H2,1-3H3,(H,33,38)(H,32,34,35). The largest absolute Gasteiger partial charge is 0.444 e. The molecule has 2 N–H and O–H groups in total. The fourth-order valence-corrected chi connectivity index (χ4v) is 5.11. The maximum absolute atomic E-state index is 12.1. The maximum Gasteiger partial charge on any atom is 0.407 e. The van der Waals surface area contributed by atoms with Gasteiger partial charge >= 0.3 is 6.09 Å². The Morgan fingerprint density at radius 2 is 1.85 bits per heavy atom. The van der Waals surface area contributed by atoms with Gasteiger partial charge < -0.3 is 20.3 Å². The molecule has 0 atom stereocenters. The third kappa shape index (κ3) is 6.90. The van der Waals surface area contributed by atoms with Crippen molar-refractivity contribution in [3.8, 4) is 11.1 Å². The zero-order chi connectivity index (χ0) is 27.4. The number of nitrogens with zero attached hydrogens (tertiary/aromatic N) is 4. The van der Waals surface area contributed by atoms with E-state index in [1.165, 1.54) is 5.56 Å². The lowest BCUT2D eigenvalue weighted by Gasteiger charge is -2.34. The van der Waals surface area contributed by atoms with Gasteiger partial charge in [0.1, 0.15) is 17.2 Å². The Kier molecular flexibility index (Phi) is 7.77. The second kappa shape index (κ2) is 11.4. The summed E-state index contributed by atoms with van der Waals surface area (Å²) in [6.45, 7) is 7.84. The summed E-state index contributed by atoms with van der Waals surface area (Å²) < 4.78 is 5.38. The minimum atomic E-state index is -0.506. The van der Waals surface area contributed by atoms with Crippen LogP contribution < -0.4 is 15.5 Å². The first-order chi connectivity index (χ1) is 18.7. The SMILES string of the molecule is CC(C)(C)OC(=O)NCC1CCN(c2nc(Nc3ccc4c(c3)CCC(=O)C4)ncc2-c2ccncc2)CC1. The number of pyridine rings is 1. The van der Waals surface area contributed by atoms with Crippen LogP contribution in [-0.4, -0.2) is 52.1 Å². The second-order valence-corrected chi connectivity index (χ2v) is 11.3. The number of amides is 1. The Morgan fingerprint density at radius 1 is 1.08 bits per heavy atom. The molecule has 9 heteroatoms. The van der Waals surface area contributed by atoms with E-state index in [0.717, 1.165) is 60.5 Å². The molecular formula is C30H36N6O3. The highest BCUT2D eigenvalue weighted by Crippen LogP contribution is 2.33. The number of hydrogen-bond acceptors (Lipinski definition) is 8. The monoisotopic (exact) mass is 528 g/mol. The number of ketones is 1. The fraction of sp³-hybridized carbons (Fsp3) is 0.433. The number of ether oxygens (including phenoxy) is 1. The maximum atomic E-state index is 12.1. The molecule has 5 rings (SSSR count). The number of rotatable bonds is 6. The van der Waals surface area contributed by atoms with Gasteiger partial charge in [0, 0.05) is 62.3 Å². The minimum absolute atomic E-state index is 0.298. The van der Waals surface area contributed by atoms with Crippen LogP contribution in [0.25, 0.3) is 11.1 Å². The van der Waals surface area contributed by atoms with E-state index in [-0.39, 0.29) is 6.09 Å². The topological polar surface area (TPSA) is 109 Å². The average molecular weight is 529 g/mol. The zero-order valence-corrected chi connectivity index (χ0v) is 22.9. The molecule has 0 saturated carbocycles. The second-order valence-electron chi connectivity index (χ2n) is 11.3. The van der Waals surface area contributed by atoms with Crippen LogP contribution in [0.3, 0.4) is 0 Å². The van der Waals surface area contributed by atoms with Crippen LogP contribution >= 0.6 is 0 Å². The first-order valence-corrected chi connectivity index (χ1v) is 13.6. The summed E-state index contributed by atoms with van der Waals surface area (Å²) in [7, 11) is 0. The Balaban J connectivity index is 1.30. The summed E-state index contributed by atoms with van der Waals surface area (Å²) in [5, 5.41) is 6.30. The highest BCUT2D eigenvalue weighted by atomic mass is 16.6. The number of Topliss-reactive ketones (excluding diaryl/α,β-unsaturated/α-hetero) is 1. The van der Waals surface area contributed by atoms with Crippen LogP contribution in [0, 0.1) is 5.92 Å². The first-order valence-electron chi connectivity index (χ1n) is 13.6. The van der Waals surface area contributed by atoms with Gasteiger partial charge in [0.2, 0.25) is 5.95 Å². The van der Waals surface area contributed by atoms with Crippen molar-refractivity contribution >= 4 is 29.3 Å². The summed E-state index contributed by atoms with van der Waals surface area (Å²) in [5.74, 6) is 2.08. The number of piperidine rings is 1. The fourth-order valence-electron chi connectivity index (χ4n) is 5.11. The molecule has 0 unspecified atom stereocenters. The average Bonchev–Trinajstić information content (AvgIpc) is 2.92. The third-order valence-electron chi connectivity index (χ3n) is 7.13. The molecule has 1 saturated heterocycles. The lowest BCUT2D eigenvalue weighted by atomic mass is 9.90. The van der Waals surface area contributed by atoms with E-state index in [1.54, 1.807) is 12.4 Å². The summed E-state index contributed by atoms with van der Waals surface area (Å²) in [4.78, 5) is 40.0. The van der Waals surface area contributed by atoms with Crippen molar-refractivity contribution in [2.45, 2.75) is 58.5 Å². The molecule has 0 spiro atoms. The molecular weight excluding hydrogens is 492 g/mol. The molecule has 0 radical (unpaired) electrons. The number of carbonyl (C=O) groups excluding carboxylic acids is 2. The molecule has 9 nitrogen and oxygen atoms in total. The smallest absolute Gasteiger partial charge is 0.407 e. The molecule has 1 fully saturated rings. The molecule has 0 bridgehead atoms. The van der Waals surface area contributed by atoms with Crippen molar-refractivity contribution in [2.24, 2.45) is 5.92 Å². The molecule has 39 heavy (non-hydrogen) atoms. The minimum Gasteiger partial charge on any atom is -0.444 e. The zero-order valence-electron chi connectivity index (χ0n) is 22.9. The van der Waals surface area contributed by atoms with Crippen LogP contribution in [0.2, 0.25) is 0 Å². The van der Waals surface area contributed by atoms with Crippen LogP contribution in [-0.2, 0) is 22.4 Å². The van der Waals surface area contributed by atoms with Crippen LogP contribution in [0.1, 0.15) is 51.2 Å². The van der Waals surface area contributed by atoms with Gasteiger partial charge in [-0.25, -0.2) is 9.78 Å². The van der Waals surface area contributed by atoms with Crippen molar-refractivity contribution in [3.05, 3.63) is 60.0 Å². The van der Waals surface area contributed by atoms with Crippen molar-refractivity contribution in [1.82, 2.24) is 20.3 Å². The number of alkyl carbamates (subject to hydrolysis) is 1. The van der Waals surface area contributed by atoms with Gasteiger partial charge in [-0.15, -0.1) is 0 Å². The van der Waals surface area contributed by atoms with Gasteiger partial charge in [-0.05, 0) is 86.9 Å². The number of hydrogen-bond donors (Lipinski definition) is 2. The lowest BCUT2D eigenvalue weighted by Crippen LogP contribution is -2.40. The molecule has 1 aliphatic carbocycles. The van der Waals surface area contributed by atoms with E-state index in [4.69, 9.17) is 9.72 Å². The van der Waals surface area contributed by atoms with Crippen LogP contribution in [0.4, 0.5) is 22.2 Å². The number of carbonyl (C=O) groups is 2. The normalized spacial score (nSPS) is 16.0. The van der Waals surface area contributed by atoms with Gasteiger partial charge in [0.15, 0.2) is 0 Å². The Labute approximate surface area is 229 Å². The van der Waals surface area contributed by atoms with Crippen molar-refractivity contribution in [2.75, 3.05) is 29.9 Å². The van der Waals surface area contributed by atoms with Gasteiger partial charge in [-0.2, -0.15) is 4.98 Å². The highest BCUT2D eigenvalue weighted by molar-refractivity contribution is 5.83. The van der Waals surface area contributed by atoms with E-state index >= 15 is 0 Å². The van der Waals surface area contributed by atoms with Crippen molar-refractivity contribution in [3.63, 3.8) is 0 Å². The van der Waals surface area contributed by atoms with E-state index in [0.29, 0.717) is 37.0 Å². The number of benzene rings is 1. The number of anilines is 3. The van der Waals surface area contributed by atoms with Gasteiger partial charge in [0.25, 0.3) is 0 Å². The summed E-state index contributed by atoms with van der Waals surface area (Å²) in [5.41, 5.74) is 4.69. The molecule has 2 aromatic heterocycles. The summed E-state index contributed by atoms with van der Waals surface area (Å²) in [6.07, 6.45) is 8.80. The molecule has 1 aromatic carbocycles. The van der Waals surface area contributed by atoms with Gasteiger partial charge in [-0.3, -0.25) is 9.78 Å². The van der Waals surface area contributed by atoms with E-state index in [9.17, 15) is 9.59 Å². The lowest BCUT2D eigenvalue weighted by molar-refractivity contribution is -0.118. The Hall–Kier alpha value is -4.01. The summed E-state index contributed by atoms with van der Waals surface area (Å²) >= 11 is 0. The van der Waals surface area contributed by atoms with Crippen LogP contribution in [0.15, 0.2) is 48.9 Å². The van der Waals surface area contributed by atoms with Crippen molar-refractivity contribution in [1.29, 1.82) is 0 Å². The molecule has 3 heterocycles. The number of nitrogens with one attached hydrogen (secondary N) is 2. The predicted molar refractivity (Wildman–Crippen MR) is 151 cm³/mol. The summed E-state index contributed by atoms with van der Waals surface area (Å²) in [6, 6.07) is 10.1. The quantitative estimate of drug-likeness (QED) is 0.456. The molecule has 3 aromatic rings. The molecule has 204 valence electrons. The first kappa shape index (κ1) is 26.6. The third-order valence-corrected chi connectivity index (χ3v) is 7.13. The number of aryl methyl sites for hydroxylation is 1. The molecule has 2 aliphatic rings.